The van der Waals surface area contributed by atoms with Crippen LogP contribution in [0.25, 0.3) is 0 Å². The average molecular weight is 491 g/mol. The molecular formula is C24H27ClN2O5S. The van der Waals surface area contributed by atoms with Gasteiger partial charge in [-0.3, -0.25) is 9.59 Å². The van der Waals surface area contributed by atoms with E-state index in [2.05, 4.69) is 5.32 Å². The Balaban J connectivity index is 1.66. The molecule has 2 aromatic rings. The highest BCUT2D eigenvalue weighted by atomic mass is 35.5. The van der Waals surface area contributed by atoms with Crippen LogP contribution in [0.15, 0.2) is 53.4 Å². The van der Waals surface area contributed by atoms with Crippen molar-refractivity contribution in [3.05, 3.63) is 64.7 Å². The summed E-state index contributed by atoms with van der Waals surface area (Å²) < 4.78 is 33.5. The van der Waals surface area contributed by atoms with E-state index < -0.39 is 21.5 Å². The van der Waals surface area contributed by atoms with Gasteiger partial charge in [0.15, 0.2) is 0 Å². The quantitative estimate of drug-likeness (QED) is 0.600. The summed E-state index contributed by atoms with van der Waals surface area (Å²) in [5.41, 5.74) is 0.996. The zero-order valence-electron chi connectivity index (χ0n) is 18.4. The fourth-order valence-electron chi connectivity index (χ4n) is 4.34. The zero-order chi connectivity index (χ0) is 23.6. The Morgan fingerprint density at radius 2 is 1.79 bits per heavy atom. The molecule has 2 aliphatic rings. The number of sulfonamides is 1. The van der Waals surface area contributed by atoms with Crippen molar-refractivity contribution < 1.29 is 22.7 Å². The van der Waals surface area contributed by atoms with Gasteiger partial charge in [0.2, 0.25) is 15.9 Å². The van der Waals surface area contributed by atoms with E-state index in [0.717, 1.165) is 36.8 Å². The molecule has 9 heteroatoms. The molecule has 1 aliphatic heterocycles. The van der Waals surface area contributed by atoms with E-state index in [4.69, 9.17) is 16.3 Å². The second-order valence-electron chi connectivity index (χ2n) is 8.58. The highest BCUT2D eigenvalue weighted by molar-refractivity contribution is 7.89. The summed E-state index contributed by atoms with van der Waals surface area (Å²) in [4.78, 5) is 25.1. The number of ether oxygens (including phenoxy) is 1. The molecule has 1 saturated carbocycles. The minimum Gasteiger partial charge on any atom is -0.468 e. The van der Waals surface area contributed by atoms with Crippen molar-refractivity contribution in [1.82, 2.24) is 9.62 Å². The lowest BCUT2D eigenvalue weighted by atomic mass is 9.95. The number of halogens is 1. The largest absolute Gasteiger partial charge is 0.468 e. The lowest BCUT2D eigenvalue weighted by Gasteiger charge is -2.29. The molecule has 0 bridgehead atoms. The van der Waals surface area contributed by atoms with E-state index in [-0.39, 0.29) is 23.3 Å². The summed E-state index contributed by atoms with van der Waals surface area (Å²) in [6.45, 7) is 0.572. The summed E-state index contributed by atoms with van der Waals surface area (Å²) in [6.07, 6.45) is 3.47. The number of hydrogen-bond acceptors (Lipinski definition) is 5. The molecule has 1 heterocycles. The highest BCUT2D eigenvalue weighted by Gasteiger charge is 2.52. The van der Waals surface area contributed by atoms with E-state index >= 15 is 0 Å². The number of esters is 1. The highest BCUT2D eigenvalue weighted by Crippen LogP contribution is 2.49. The summed E-state index contributed by atoms with van der Waals surface area (Å²) in [6, 6.07) is 12.5. The fourth-order valence-corrected chi connectivity index (χ4v) is 6.07. The molecule has 2 fully saturated rings. The van der Waals surface area contributed by atoms with Gasteiger partial charge in [-0.15, -0.1) is 0 Å². The van der Waals surface area contributed by atoms with Crippen molar-refractivity contribution in [2.45, 2.75) is 55.0 Å². The zero-order valence-corrected chi connectivity index (χ0v) is 20.0. The van der Waals surface area contributed by atoms with Crippen LogP contribution in [0.5, 0.6) is 0 Å². The predicted molar refractivity (Wildman–Crippen MR) is 124 cm³/mol. The van der Waals surface area contributed by atoms with Gasteiger partial charge in [-0.1, -0.05) is 35.9 Å². The van der Waals surface area contributed by atoms with Gasteiger partial charge < -0.3 is 10.1 Å². The van der Waals surface area contributed by atoms with Crippen LogP contribution in [-0.2, 0) is 36.3 Å². The van der Waals surface area contributed by atoms with Crippen LogP contribution in [0, 0.1) is 0 Å². The summed E-state index contributed by atoms with van der Waals surface area (Å²) in [7, 11) is -2.59. The van der Waals surface area contributed by atoms with Crippen LogP contribution in [0.4, 0.5) is 0 Å². The van der Waals surface area contributed by atoms with E-state index in [0.29, 0.717) is 18.0 Å². The van der Waals surface area contributed by atoms with E-state index in [9.17, 15) is 18.0 Å². The first kappa shape index (κ1) is 23.7. The molecule has 1 atom stereocenters. The van der Waals surface area contributed by atoms with Gasteiger partial charge in [-0.25, -0.2) is 8.42 Å². The van der Waals surface area contributed by atoms with Crippen molar-refractivity contribution in [1.29, 1.82) is 0 Å². The molecule has 1 saturated heterocycles. The fraction of sp³-hybridized carbons (Fsp3) is 0.417. The number of carbonyl (C=O) groups is 2. The van der Waals surface area contributed by atoms with Crippen LogP contribution < -0.4 is 5.32 Å². The molecule has 0 aromatic heterocycles. The Kier molecular flexibility index (Phi) is 6.79. The maximum absolute atomic E-state index is 13.6. The third-order valence-corrected chi connectivity index (χ3v) is 8.57. The maximum Gasteiger partial charge on any atom is 0.316 e. The topological polar surface area (TPSA) is 92.8 Å². The summed E-state index contributed by atoms with van der Waals surface area (Å²) >= 11 is 5.95. The number of rotatable bonds is 7. The van der Waals surface area contributed by atoms with Crippen molar-refractivity contribution >= 4 is 33.5 Å². The van der Waals surface area contributed by atoms with Crippen molar-refractivity contribution in [3.63, 3.8) is 0 Å². The summed E-state index contributed by atoms with van der Waals surface area (Å²) in [5, 5.41) is 3.27. The minimum absolute atomic E-state index is 0.0363. The molecule has 1 amide bonds. The van der Waals surface area contributed by atoms with Crippen LogP contribution in [0.1, 0.15) is 43.2 Å². The van der Waals surface area contributed by atoms with Gasteiger partial charge in [0.05, 0.1) is 17.4 Å². The molecule has 1 N–H and O–H groups in total. The minimum atomic E-state index is -3.97. The molecule has 0 radical (unpaired) electrons. The van der Waals surface area contributed by atoms with Crippen LogP contribution in [0.2, 0.25) is 5.02 Å². The maximum atomic E-state index is 13.6. The van der Waals surface area contributed by atoms with E-state index in [1.165, 1.54) is 35.7 Å². The van der Waals surface area contributed by atoms with Gasteiger partial charge in [0, 0.05) is 18.1 Å². The SMILES string of the molecule is COC(=O)C1(c2ccc(CN(C3CCCCNC3=O)S(=O)(=O)c3ccc(Cl)cc3)cc2)CC1. The van der Waals surface area contributed by atoms with Crippen molar-refractivity contribution in [3.8, 4) is 0 Å². The predicted octanol–water partition coefficient (Wildman–Crippen LogP) is 3.40. The molecule has 7 nitrogen and oxygen atoms in total. The Morgan fingerprint density at radius 1 is 1.12 bits per heavy atom. The van der Waals surface area contributed by atoms with Gasteiger partial charge in [-0.05, 0) is 67.5 Å². The standard InChI is InChI=1S/C24H27ClN2O5S/c1-32-23(29)24(13-14-24)18-7-5-17(6-8-18)16-27(21-4-2-3-15-26-22(21)28)33(30,31)20-11-9-19(25)10-12-20/h5-12,21H,2-4,13-16H2,1H3,(H,26,28). The summed E-state index contributed by atoms with van der Waals surface area (Å²) in [5.74, 6) is -0.540. The monoisotopic (exact) mass is 490 g/mol. The van der Waals surface area contributed by atoms with Gasteiger partial charge in [-0.2, -0.15) is 4.31 Å². The number of benzene rings is 2. The molecular weight excluding hydrogens is 464 g/mol. The van der Waals surface area contributed by atoms with Gasteiger partial charge in [0.25, 0.3) is 0 Å². The molecule has 176 valence electrons. The third kappa shape index (κ3) is 4.78. The number of methoxy groups -OCH3 is 1. The molecule has 33 heavy (non-hydrogen) atoms. The Morgan fingerprint density at radius 3 is 2.39 bits per heavy atom. The van der Waals surface area contributed by atoms with Crippen LogP contribution in [0.3, 0.4) is 0 Å². The van der Waals surface area contributed by atoms with Crippen molar-refractivity contribution in [2.24, 2.45) is 0 Å². The smallest absolute Gasteiger partial charge is 0.316 e. The lowest BCUT2D eigenvalue weighted by molar-refractivity contribution is -0.143. The normalized spacial score (nSPS) is 20.1. The Bertz CT molecular complexity index is 1130. The third-order valence-electron chi connectivity index (χ3n) is 6.45. The first-order valence-electron chi connectivity index (χ1n) is 11.0. The number of nitrogens with zero attached hydrogens (tertiary/aromatic N) is 1. The number of hydrogen-bond donors (Lipinski definition) is 1. The first-order valence-corrected chi connectivity index (χ1v) is 12.8. The second kappa shape index (κ2) is 9.44. The van der Waals surface area contributed by atoms with Crippen LogP contribution >= 0.6 is 11.6 Å². The molecule has 1 unspecified atom stereocenters. The molecule has 2 aromatic carbocycles. The average Bonchev–Trinajstić information content (AvgIpc) is 3.64. The van der Waals surface area contributed by atoms with E-state index in [1.54, 1.807) is 0 Å². The first-order chi connectivity index (χ1) is 15.8. The molecule has 1 aliphatic carbocycles. The van der Waals surface area contributed by atoms with Gasteiger partial charge >= 0.3 is 5.97 Å². The Hall–Kier alpha value is -2.42. The number of amides is 1. The second-order valence-corrected chi connectivity index (χ2v) is 10.9. The van der Waals surface area contributed by atoms with Gasteiger partial charge in [0.1, 0.15) is 6.04 Å². The van der Waals surface area contributed by atoms with Crippen molar-refractivity contribution in [2.75, 3.05) is 13.7 Å². The Labute approximate surface area is 199 Å². The lowest BCUT2D eigenvalue weighted by Crippen LogP contribution is -2.48. The number of carbonyl (C=O) groups excluding carboxylic acids is 2. The molecule has 0 spiro atoms. The van der Waals surface area contributed by atoms with E-state index in [1.807, 2.05) is 24.3 Å². The number of nitrogens with one attached hydrogen (secondary N) is 1. The van der Waals surface area contributed by atoms with Crippen LogP contribution in [-0.4, -0.2) is 44.3 Å². The molecule has 4 rings (SSSR count).